The van der Waals surface area contributed by atoms with Gasteiger partial charge in [-0.2, -0.15) is 0 Å². The Morgan fingerprint density at radius 3 is 2.70 bits per heavy atom. The van der Waals surface area contributed by atoms with E-state index in [0.29, 0.717) is 12.5 Å². The normalized spacial score (nSPS) is 22.1. The Morgan fingerprint density at radius 2 is 2.05 bits per heavy atom. The number of nitrogens with zero attached hydrogens (tertiary/aromatic N) is 1. The predicted octanol–water partition coefficient (Wildman–Crippen LogP) is 3.17. The summed E-state index contributed by atoms with van der Waals surface area (Å²) >= 11 is 0. The lowest BCUT2D eigenvalue weighted by atomic mass is 9.96. The number of rotatable bonds is 4. The number of benzene rings is 1. The summed E-state index contributed by atoms with van der Waals surface area (Å²) in [5.41, 5.74) is 3.71. The average Bonchev–Trinajstić information content (AvgIpc) is 2.81. The van der Waals surface area contributed by atoms with Gasteiger partial charge in [0.2, 0.25) is 5.91 Å². The summed E-state index contributed by atoms with van der Waals surface area (Å²) in [6, 6.07) is 6.72. The highest BCUT2D eigenvalue weighted by Crippen LogP contribution is 2.30. The lowest BCUT2D eigenvalue weighted by Crippen LogP contribution is -2.41. The van der Waals surface area contributed by atoms with Gasteiger partial charge in [0.25, 0.3) is 0 Å². The van der Waals surface area contributed by atoms with Crippen LogP contribution in [0.5, 0.6) is 0 Å². The van der Waals surface area contributed by atoms with E-state index in [4.69, 9.17) is 0 Å². The highest BCUT2D eigenvalue weighted by atomic mass is 16.2. The maximum absolute atomic E-state index is 12.3. The molecule has 1 heterocycles. The molecule has 3 atom stereocenters. The molecule has 1 amide bonds. The molecular formula is C17H26N2O. The molecule has 2 rings (SSSR count). The number of nitrogens with one attached hydrogen (secondary N) is 1. The Balaban J connectivity index is 2.34. The molecule has 0 aromatic heterocycles. The standard InChI is InChI=1S/C17H26N2O/c1-6-12(3)14(5)19-16(20)10-18-17(19)15-9-11(2)7-8-13(15)4/h7-9,12,14,17-18H,6,10H2,1-5H3. The second kappa shape index (κ2) is 5.96. The van der Waals surface area contributed by atoms with Crippen LogP contribution >= 0.6 is 0 Å². The first-order chi connectivity index (χ1) is 9.45. The van der Waals surface area contributed by atoms with Crippen molar-refractivity contribution in [2.45, 2.75) is 53.2 Å². The van der Waals surface area contributed by atoms with Crippen molar-refractivity contribution in [1.29, 1.82) is 0 Å². The lowest BCUT2D eigenvalue weighted by Gasteiger charge is -2.34. The van der Waals surface area contributed by atoms with Crippen molar-refractivity contribution in [1.82, 2.24) is 10.2 Å². The van der Waals surface area contributed by atoms with Gasteiger partial charge in [0, 0.05) is 6.04 Å². The predicted molar refractivity (Wildman–Crippen MR) is 82.4 cm³/mol. The molecule has 0 aliphatic carbocycles. The smallest absolute Gasteiger partial charge is 0.238 e. The second-order valence-corrected chi connectivity index (χ2v) is 6.07. The van der Waals surface area contributed by atoms with Crippen LogP contribution in [0.25, 0.3) is 0 Å². The molecule has 3 unspecified atom stereocenters. The third kappa shape index (κ3) is 2.73. The highest BCUT2D eigenvalue weighted by Gasteiger charge is 2.37. The third-order valence-corrected chi connectivity index (χ3v) is 4.65. The van der Waals surface area contributed by atoms with Crippen molar-refractivity contribution in [3.63, 3.8) is 0 Å². The number of amides is 1. The molecule has 1 fully saturated rings. The van der Waals surface area contributed by atoms with E-state index in [1.165, 1.54) is 16.7 Å². The van der Waals surface area contributed by atoms with E-state index in [1.807, 2.05) is 4.90 Å². The van der Waals surface area contributed by atoms with Gasteiger partial charge in [-0.25, -0.2) is 0 Å². The summed E-state index contributed by atoms with van der Waals surface area (Å²) < 4.78 is 0. The van der Waals surface area contributed by atoms with E-state index in [9.17, 15) is 4.79 Å². The van der Waals surface area contributed by atoms with Crippen LogP contribution in [-0.2, 0) is 4.79 Å². The van der Waals surface area contributed by atoms with Gasteiger partial charge < -0.3 is 4.90 Å². The fourth-order valence-electron chi connectivity index (χ4n) is 2.91. The molecule has 0 bridgehead atoms. The van der Waals surface area contributed by atoms with Gasteiger partial charge in [0.05, 0.1) is 6.54 Å². The van der Waals surface area contributed by atoms with Crippen LogP contribution in [0.2, 0.25) is 0 Å². The van der Waals surface area contributed by atoms with Gasteiger partial charge in [-0.15, -0.1) is 0 Å². The molecule has 20 heavy (non-hydrogen) atoms. The van der Waals surface area contributed by atoms with E-state index in [1.54, 1.807) is 0 Å². The Labute approximate surface area is 122 Å². The molecule has 1 aliphatic rings. The van der Waals surface area contributed by atoms with E-state index >= 15 is 0 Å². The zero-order valence-corrected chi connectivity index (χ0v) is 13.2. The monoisotopic (exact) mass is 274 g/mol. The lowest BCUT2D eigenvalue weighted by molar-refractivity contribution is -0.131. The zero-order chi connectivity index (χ0) is 14.9. The summed E-state index contributed by atoms with van der Waals surface area (Å²) in [6.07, 6.45) is 1.11. The summed E-state index contributed by atoms with van der Waals surface area (Å²) in [5, 5.41) is 3.38. The third-order valence-electron chi connectivity index (χ3n) is 4.65. The molecule has 1 aliphatic heterocycles. The maximum Gasteiger partial charge on any atom is 0.238 e. The van der Waals surface area contributed by atoms with Crippen molar-refractivity contribution in [3.05, 3.63) is 34.9 Å². The first kappa shape index (κ1) is 15.0. The molecule has 1 N–H and O–H groups in total. The fraction of sp³-hybridized carbons (Fsp3) is 0.588. The van der Waals surface area contributed by atoms with E-state index in [2.05, 4.69) is 58.1 Å². The van der Waals surface area contributed by atoms with Crippen LogP contribution in [0.15, 0.2) is 18.2 Å². The molecule has 0 radical (unpaired) electrons. The summed E-state index contributed by atoms with van der Waals surface area (Å²) in [4.78, 5) is 14.3. The minimum Gasteiger partial charge on any atom is -0.319 e. The maximum atomic E-state index is 12.3. The number of aryl methyl sites for hydroxylation is 2. The van der Waals surface area contributed by atoms with Crippen molar-refractivity contribution in [2.24, 2.45) is 5.92 Å². The van der Waals surface area contributed by atoms with Crippen LogP contribution in [0.4, 0.5) is 0 Å². The van der Waals surface area contributed by atoms with Crippen LogP contribution < -0.4 is 5.32 Å². The highest BCUT2D eigenvalue weighted by molar-refractivity contribution is 5.81. The van der Waals surface area contributed by atoms with Crippen molar-refractivity contribution in [3.8, 4) is 0 Å². The van der Waals surface area contributed by atoms with Gasteiger partial charge in [-0.3, -0.25) is 10.1 Å². The van der Waals surface area contributed by atoms with Crippen LogP contribution in [-0.4, -0.2) is 23.4 Å². The van der Waals surface area contributed by atoms with Gasteiger partial charge in [-0.1, -0.05) is 44.0 Å². The molecule has 1 aromatic carbocycles. The van der Waals surface area contributed by atoms with Crippen molar-refractivity contribution >= 4 is 5.91 Å². The summed E-state index contributed by atoms with van der Waals surface area (Å²) in [7, 11) is 0. The molecule has 3 heteroatoms. The van der Waals surface area contributed by atoms with E-state index < -0.39 is 0 Å². The Hall–Kier alpha value is -1.35. The average molecular weight is 274 g/mol. The van der Waals surface area contributed by atoms with Crippen LogP contribution in [0, 0.1) is 19.8 Å². The SMILES string of the molecule is CCC(C)C(C)N1C(=O)CNC1c1cc(C)ccc1C. The topological polar surface area (TPSA) is 32.3 Å². The van der Waals surface area contributed by atoms with Crippen molar-refractivity contribution in [2.75, 3.05) is 6.54 Å². The molecule has 1 aromatic rings. The molecule has 110 valence electrons. The van der Waals surface area contributed by atoms with Gasteiger partial charge in [-0.05, 0) is 37.8 Å². The number of hydrogen-bond donors (Lipinski definition) is 1. The zero-order valence-electron chi connectivity index (χ0n) is 13.2. The summed E-state index contributed by atoms with van der Waals surface area (Å²) in [6.45, 7) is 11.2. The fourth-order valence-corrected chi connectivity index (χ4v) is 2.91. The molecule has 1 saturated heterocycles. The van der Waals surface area contributed by atoms with E-state index in [0.717, 1.165) is 6.42 Å². The Morgan fingerprint density at radius 1 is 1.35 bits per heavy atom. The first-order valence-electron chi connectivity index (χ1n) is 7.57. The van der Waals surface area contributed by atoms with E-state index in [-0.39, 0.29) is 18.1 Å². The molecule has 0 saturated carbocycles. The first-order valence-corrected chi connectivity index (χ1v) is 7.57. The van der Waals surface area contributed by atoms with Gasteiger partial charge in [0.15, 0.2) is 0 Å². The Bertz CT molecular complexity index is 498. The van der Waals surface area contributed by atoms with Crippen LogP contribution in [0.1, 0.15) is 50.0 Å². The molecular weight excluding hydrogens is 248 g/mol. The molecule has 3 nitrogen and oxygen atoms in total. The second-order valence-electron chi connectivity index (χ2n) is 6.07. The van der Waals surface area contributed by atoms with Gasteiger partial charge in [0.1, 0.15) is 6.17 Å². The number of carbonyl (C=O) groups excluding carboxylic acids is 1. The molecule has 0 spiro atoms. The minimum absolute atomic E-state index is 0.0198. The van der Waals surface area contributed by atoms with Crippen LogP contribution in [0.3, 0.4) is 0 Å². The quantitative estimate of drug-likeness (QED) is 0.914. The Kier molecular flexibility index (Phi) is 4.48. The summed E-state index contributed by atoms with van der Waals surface area (Å²) in [5.74, 6) is 0.718. The minimum atomic E-state index is 0.0198. The number of carbonyl (C=O) groups is 1. The number of hydrogen-bond acceptors (Lipinski definition) is 2. The largest absolute Gasteiger partial charge is 0.319 e. The van der Waals surface area contributed by atoms with Crippen molar-refractivity contribution < 1.29 is 4.79 Å². The van der Waals surface area contributed by atoms with Gasteiger partial charge >= 0.3 is 0 Å².